The third kappa shape index (κ3) is 3.76. The zero-order valence-corrected chi connectivity index (χ0v) is 16.7. The van der Waals surface area contributed by atoms with E-state index < -0.39 is 0 Å². The summed E-state index contributed by atoms with van der Waals surface area (Å²) in [5.41, 5.74) is 1.04. The van der Waals surface area contributed by atoms with E-state index in [1.807, 2.05) is 25.1 Å². The van der Waals surface area contributed by atoms with E-state index in [-0.39, 0.29) is 0 Å². The van der Waals surface area contributed by atoms with Crippen LogP contribution in [0.5, 0.6) is 0 Å². The number of hydrogen-bond donors (Lipinski definition) is 0. The number of para-hydroxylation sites is 1. The summed E-state index contributed by atoms with van der Waals surface area (Å²) >= 11 is 4.96. The maximum atomic E-state index is 5.15. The minimum Gasteiger partial charge on any atom is -0.338 e. The van der Waals surface area contributed by atoms with Crippen molar-refractivity contribution >= 4 is 45.1 Å². The number of benzene rings is 1. The molecule has 134 valence electrons. The van der Waals surface area contributed by atoms with Gasteiger partial charge in [0.2, 0.25) is 5.89 Å². The van der Waals surface area contributed by atoms with Crippen molar-refractivity contribution in [2.45, 2.75) is 41.4 Å². The summed E-state index contributed by atoms with van der Waals surface area (Å²) in [5, 5.41) is 13.3. The van der Waals surface area contributed by atoms with Crippen molar-refractivity contribution in [1.29, 1.82) is 0 Å². The number of fused-ring (bicyclic) bond motifs is 1. The molecular formula is C16H16N6OS3. The molecule has 0 fully saturated rings. The van der Waals surface area contributed by atoms with Gasteiger partial charge in [-0.3, -0.25) is 0 Å². The Kier molecular flexibility index (Phi) is 5.23. The first-order valence-corrected chi connectivity index (χ1v) is 10.8. The van der Waals surface area contributed by atoms with Gasteiger partial charge in [0.25, 0.3) is 0 Å². The van der Waals surface area contributed by atoms with Crippen LogP contribution in [0.2, 0.25) is 0 Å². The number of aryl methyl sites for hydroxylation is 1. The molecule has 1 aromatic carbocycles. The van der Waals surface area contributed by atoms with Gasteiger partial charge in [-0.1, -0.05) is 40.8 Å². The van der Waals surface area contributed by atoms with Crippen LogP contribution < -0.4 is 0 Å². The van der Waals surface area contributed by atoms with Crippen molar-refractivity contribution in [2.24, 2.45) is 0 Å². The average molecular weight is 405 g/mol. The lowest BCUT2D eigenvalue weighted by Gasteiger charge is -2.05. The summed E-state index contributed by atoms with van der Waals surface area (Å²) in [6.45, 7) is 4.72. The van der Waals surface area contributed by atoms with Crippen LogP contribution in [-0.2, 0) is 18.1 Å². The quantitative estimate of drug-likeness (QED) is 0.424. The molecule has 3 aromatic heterocycles. The molecule has 26 heavy (non-hydrogen) atoms. The zero-order chi connectivity index (χ0) is 17.9. The second kappa shape index (κ2) is 7.77. The lowest BCUT2D eigenvalue weighted by atomic mass is 10.3. The minimum absolute atomic E-state index is 0.587. The highest BCUT2D eigenvalue weighted by atomic mass is 32.2. The Labute approximate surface area is 162 Å². The van der Waals surface area contributed by atoms with Crippen LogP contribution in [0, 0.1) is 6.92 Å². The van der Waals surface area contributed by atoms with Crippen LogP contribution in [0.1, 0.15) is 24.5 Å². The maximum Gasteiger partial charge on any atom is 0.237 e. The monoisotopic (exact) mass is 404 g/mol. The Morgan fingerprint density at radius 3 is 2.77 bits per heavy atom. The summed E-state index contributed by atoms with van der Waals surface area (Å²) in [4.78, 5) is 8.88. The van der Waals surface area contributed by atoms with Crippen LogP contribution in [-0.4, -0.2) is 29.9 Å². The fourth-order valence-electron chi connectivity index (χ4n) is 2.41. The molecule has 4 aromatic rings. The summed E-state index contributed by atoms with van der Waals surface area (Å²) in [6, 6.07) is 8.19. The van der Waals surface area contributed by atoms with Crippen molar-refractivity contribution < 1.29 is 4.52 Å². The predicted molar refractivity (Wildman–Crippen MR) is 103 cm³/mol. The number of aromatic nitrogens is 6. The molecule has 0 saturated carbocycles. The molecule has 0 unspecified atom stereocenters. The van der Waals surface area contributed by atoms with E-state index >= 15 is 0 Å². The van der Waals surface area contributed by atoms with Gasteiger partial charge in [-0.05, 0) is 26.0 Å². The molecule has 0 amide bonds. The molecule has 0 atom stereocenters. The van der Waals surface area contributed by atoms with Gasteiger partial charge in [-0.15, -0.1) is 21.5 Å². The number of nitrogens with zero attached hydrogens (tertiary/aromatic N) is 6. The van der Waals surface area contributed by atoms with Crippen molar-refractivity contribution in [3.05, 3.63) is 41.8 Å². The van der Waals surface area contributed by atoms with E-state index in [9.17, 15) is 0 Å². The van der Waals surface area contributed by atoms with E-state index in [2.05, 4.69) is 42.9 Å². The Morgan fingerprint density at radius 1 is 1.12 bits per heavy atom. The smallest absolute Gasteiger partial charge is 0.237 e. The summed E-state index contributed by atoms with van der Waals surface area (Å²) in [6.07, 6.45) is 0. The van der Waals surface area contributed by atoms with Gasteiger partial charge in [0.15, 0.2) is 15.3 Å². The van der Waals surface area contributed by atoms with E-state index in [1.165, 1.54) is 4.70 Å². The highest BCUT2D eigenvalue weighted by Gasteiger charge is 2.14. The first kappa shape index (κ1) is 17.5. The Balaban J connectivity index is 1.43. The zero-order valence-electron chi connectivity index (χ0n) is 14.2. The lowest BCUT2D eigenvalue weighted by molar-refractivity contribution is 0.387. The van der Waals surface area contributed by atoms with Crippen molar-refractivity contribution in [3.8, 4) is 0 Å². The fraction of sp³-hybridized carbons (Fsp3) is 0.312. The first-order chi connectivity index (χ1) is 12.7. The normalized spacial score (nSPS) is 11.5. The molecule has 0 bridgehead atoms. The van der Waals surface area contributed by atoms with Crippen LogP contribution in [0.15, 0.2) is 38.3 Å². The standard InChI is InChI=1S/C16H16N6OS3/c1-3-22-13(8-25-16-18-11-6-4-5-7-12(11)26-16)19-20-15(22)24-9-14-17-10(2)21-23-14/h4-7H,3,8-9H2,1-2H3. The maximum absolute atomic E-state index is 5.15. The average Bonchev–Trinajstić information content (AvgIpc) is 3.35. The highest BCUT2D eigenvalue weighted by molar-refractivity contribution is 8.00. The molecule has 0 aliphatic carbocycles. The Bertz CT molecular complexity index is 991. The number of hydrogen-bond acceptors (Lipinski definition) is 9. The van der Waals surface area contributed by atoms with E-state index in [4.69, 9.17) is 4.52 Å². The van der Waals surface area contributed by atoms with Gasteiger partial charge in [-0.25, -0.2) is 4.98 Å². The molecule has 0 aliphatic heterocycles. The molecule has 10 heteroatoms. The van der Waals surface area contributed by atoms with Crippen molar-refractivity contribution in [2.75, 3.05) is 0 Å². The highest BCUT2D eigenvalue weighted by Crippen LogP contribution is 2.31. The van der Waals surface area contributed by atoms with Crippen LogP contribution >= 0.6 is 34.9 Å². The molecule has 0 aliphatic rings. The fourth-order valence-corrected chi connectivity index (χ4v) is 5.28. The third-order valence-corrected chi connectivity index (χ3v) is 6.73. The molecule has 4 rings (SSSR count). The molecule has 3 heterocycles. The molecular weight excluding hydrogens is 388 g/mol. The minimum atomic E-state index is 0.587. The third-order valence-electron chi connectivity index (χ3n) is 3.60. The van der Waals surface area contributed by atoms with Crippen molar-refractivity contribution in [3.63, 3.8) is 0 Å². The van der Waals surface area contributed by atoms with Crippen LogP contribution in [0.3, 0.4) is 0 Å². The predicted octanol–water partition coefficient (Wildman–Crippen LogP) is 4.18. The van der Waals surface area contributed by atoms with Gasteiger partial charge < -0.3 is 9.09 Å². The largest absolute Gasteiger partial charge is 0.338 e. The van der Waals surface area contributed by atoms with Crippen LogP contribution in [0.4, 0.5) is 0 Å². The summed E-state index contributed by atoms with van der Waals surface area (Å²) in [7, 11) is 0. The second-order valence-electron chi connectivity index (χ2n) is 5.40. The molecule has 0 spiro atoms. The molecule has 0 N–H and O–H groups in total. The molecule has 0 saturated heterocycles. The number of thioether (sulfide) groups is 2. The van der Waals surface area contributed by atoms with Gasteiger partial charge in [-0.2, -0.15) is 4.98 Å². The van der Waals surface area contributed by atoms with Gasteiger partial charge in [0.1, 0.15) is 5.82 Å². The molecule has 0 radical (unpaired) electrons. The van der Waals surface area contributed by atoms with E-state index in [0.717, 1.165) is 33.1 Å². The summed E-state index contributed by atoms with van der Waals surface area (Å²) < 4.78 is 9.52. The van der Waals surface area contributed by atoms with Gasteiger partial charge in [0.05, 0.1) is 21.7 Å². The van der Waals surface area contributed by atoms with Gasteiger partial charge in [0, 0.05) is 6.54 Å². The number of rotatable bonds is 7. The van der Waals surface area contributed by atoms with E-state index in [0.29, 0.717) is 17.5 Å². The van der Waals surface area contributed by atoms with Crippen molar-refractivity contribution in [1.82, 2.24) is 29.9 Å². The van der Waals surface area contributed by atoms with Gasteiger partial charge >= 0.3 is 0 Å². The van der Waals surface area contributed by atoms with E-state index in [1.54, 1.807) is 34.9 Å². The summed E-state index contributed by atoms with van der Waals surface area (Å²) in [5.74, 6) is 3.51. The topological polar surface area (TPSA) is 82.5 Å². The number of thiazole rings is 1. The lowest BCUT2D eigenvalue weighted by Crippen LogP contribution is -2.02. The van der Waals surface area contributed by atoms with Crippen LogP contribution in [0.25, 0.3) is 10.2 Å². The Hall–Kier alpha value is -1.91. The SMILES string of the molecule is CCn1c(CSc2nc3ccccc3s2)nnc1SCc1nc(C)no1. The first-order valence-electron chi connectivity index (χ1n) is 8.05. The molecule has 7 nitrogen and oxygen atoms in total. The second-order valence-corrected chi connectivity index (χ2v) is 8.60. The Morgan fingerprint density at radius 2 is 2.00 bits per heavy atom.